The third kappa shape index (κ3) is 2.76. The van der Waals surface area contributed by atoms with Gasteiger partial charge in [-0.15, -0.1) is 0 Å². The molecule has 0 aromatic heterocycles. The van der Waals surface area contributed by atoms with E-state index in [1.165, 1.54) is 18.2 Å². The van der Waals surface area contributed by atoms with Crippen LogP contribution in [0.5, 0.6) is 0 Å². The summed E-state index contributed by atoms with van der Waals surface area (Å²) in [5, 5.41) is 2.83. The molecule has 1 aromatic carbocycles. The molecule has 1 aromatic rings. The van der Waals surface area contributed by atoms with Crippen LogP contribution in [0.1, 0.15) is 13.3 Å². The van der Waals surface area contributed by atoms with Gasteiger partial charge in [0, 0.05) is 6.61 Å². The van der Waals surface area contributed by atoms with Gasteiger partial charge in [-0.3, -0.25) is 0 Å². The molecular weight excluding hydrogens is 295 g/mol. The van der Waals surface area contributed by atoms with E-state index in [1.54, 1.807) is 6.92 Å². The smallest absolute Gasteiger partial charge is 0.379 e. The van der Waals surface area contributed by atoms with Crippen LogP contribution in [0.4, 0.5) is 18.9 Å². The van der Waals surface area contributed by atoms with Crippen molar-refractivity contribution < 1.29 is 26.3 Å². The summed E-state index contributed by atoms with van der Waals surface area (Å²) in [7, 11) is -5.37. The first-order valence-electron chi connectivity index (χ1n) is 6.02. The van der Waals surface area contributed by atoms with E-state index in [-0.39, 0.29) is 17.8 Å². The van der Waals surface area contributed by atoms with Crippen molar-refractivity contribution in [2.45, 2.75) is 35.9 Å². The number of benzene rings is 1. The van der Waals surface area contributed by atoms with Crippen LogP contribution in [0.15, 0.2) is 29.2 Å². The summed E-state index contributed by atoms with van der Waals surface area (Å²) in [5.41, 5.74) is -5.37. The van der Waals surface area contributed by atoms with E-state index in [0.717, 1.165) is 6.07 Å². The van der Waals surface area contributed by atoms with E-state index >= 15 is 0 Å². The van der Waals surface area contributed by atoms with Gasteiger partial charge in [-0.25, -0.2) is 8.42 Å². The van der Waals surface area contributed by atoms with Crippen LogP contribution in [0.3, 0.4) is 0 Å². The maximum Gasteiger partial charge on any atom is 0.501 e. The maximum atomic E-state index is 12.6. The van der Waals surface area contributed by atoms with Crippen molar-refractivity contribution in [3.05, 3.63) is 24.3 Å². The van der Waals surface area contributed by atoms with Crippen LogP contribution in [-0.4, -0.2) is 32.7 Å². The fraction of sp³-hybridized carbons (Fsp3) is 0.500. The number of para-hydroxylation sites is 1. The highest BCUT2D eigenvalue weighted by Crippen LogP contribution is 2.35. The molecule has 4 nitrogen and oxygen atoms in total. The van der Waals surface area contributed by atoms with Gasteiger partial charge >= 0.3 is 5.51 Å². The number of halogens is 3. The number of rotatable bonds is 3. The molecule has 112 valence electrons. The van der Waals surface area contributed by atoms with Crippen molar-refractivity contribution in [2.24, 2.45) is 0 Å². The molecular formula is C12H14F3NO3S. The molecule has 0 amide bonds. The highest BCUT2D eigenvalue weighted by Gasteiger charge is 2.48. The molecule has 0 saturated carbocycles. The molecule has 1 saturated heterocycles. The molecule has 0 bridgehead atoms. The monoisotopic (exact) mass is 309 g/mol. The standard InChI is InChI=1S/C12H14F3NO3S/c1-8-9(6-7-19-8)16-10-4-2-3-5-11(10)20(17,18)12(13,14)15/h2-5,8-9,16H,6-7H2,1H3. The normalized spacial score (nSPS) is 23.8. The maximum absolute atomic E-state index is 12.6. The van der Waals surface area contributed by atoms with Crippen LogP contribution in [0.2, 0.25) is 0 Å². The Labute approximate surface area is 114 Å². The zero-order chi connectivity index (χ0) is 15.0. The second-order valence-electron chi connectivity index (χ2n) is 4.56. The lowest BCUT2D eigenvalue weighted by molar-refractivity contribution is -0.0435. The number of nitrogens with one attached hydrogen (secondary N) is 1. The van der Waals surface area contributed by atoms with Gasteiger partial charge in [-0.2, -0.15) is 13.2 Å². The Bertz CT molecular complexity index is 586. The molecule has 0 radical (unpaired) electrons. The fourth-order valence-corrected chi connectivity index (χ4v) is 2.99. The molecule has 2 atom stereocenters. The first-order chi connectivity index (χ1) is 9.23. The van der Waals surface area contributed by atoms with Crippen LogP contribution in [0, 0.1) is 0 Å². The van der Waals surface area contributed by atoms with Gasteiger partial charge in [0.25, 0.3) is 9.84 Å². The predicted molar refractivity (Wildman–Crippen MR) is 67.1 cm³/mol. The Kier molecular flexibility index (Phi) is 3.97. The average Bonchev–Trinajstić information content (AvgIpc) is 2.74. The van der Waals surface area contributed by atoms with Crippen molar-refractivity contribution in [2.75, 3.05) is 11.9 Å². The second kappa shape index (κ2) is 5.25. The molecule has 8 heteroatoms. The lowest BCUT2D eigenvalue weighted by atomic mass is 10.1. The fourth-order valence-electron chi connectivity index (χ4n) is 2.07. The highest BCUT2D eigenvalue weighted by molar-refractivity contribution is 7.92. The predicted octanol–water partition coefficient (Wildman–Crippen LogP) is 2.57. The summed E-state index contributed by atoms with van der Waals surface area (Å²) < 4.78 is 66.3. The number of anilines is 1. The number of alkyl halides is 3. The SMILES string of the molecule is CC1OCCC1Nc1ccccc1S(=O)(=O)C(F)(F)F. The molecule has 0 aliphatic carbocycles. The van der Waals surface area contributed by atoms with Gasteiger partial charge in [-0.1, -0.05) is 12.1 Å². The van der Waals surface area contributed by atoms with Crippen LogP contribution in [0.25, 0.3) is 0 Å². The zero-order valence-electron chi connectivity index (χ0n) is 10.6. The Morgan fingerprint density at radius 2 is 1.95 bits per heavy atom. The van der Waals surface area contributed by atoms with Crippen molar-refractivity contribution in [3.8, 4) is 0 Å². The van der Waals surface area contributed by atoms with Gasteiger partial charge in [0.1, 0.15) is 0 Å². The molecule has 1 aliphatic rings. The van der Waals surface area contributed by atoms with Gasteiger partial charge in [0.2, 0.25) is 0 Å². The van der Waals surface area contributed by atoms with Gasteiger partial charge in [-0.05, 0) is 25.5 Å². The molecule has 1 N–H and O–H groups in total. The Morgan fingerprint density at radius 1 is 1.30 bits per heavy atom. The Balaban J connectivity index is 2.36. The minimum atomic E-state index is -5.37. The number of sulfone groups is 1. The Hall–Kier alpha value is -1.28. The van der Waals surface area contributed by atoms with E-state index < -0.39 is 20.2 Å². The third-order valence-corrected chi connectivity index (χ3v) is 4.74. The largest absolute Gasteiger partial charge is 0.501 e. The molecule has 2 unspecified atom stereocenters. The number of hydrogen-bond donors (Lipinski definition) is 1. The lowest BCUT2D eigenvalue weighted by Crippen LogP contribution is -2.29. The topological polar surface area (TPSA) is 55.4 Å². The molecule has 1 aliphatic heterocycles. The van der Waals surface area contributed by atoms with E-state index in [9.17, 15) is 21.6 Å². The summed E-state index contributed by atoms with van der Waals surface area (Å²) in [6, 6.07) is 4.81. The minimum absolute atomic E-state index is 0.0489. The van der Waals surface area contributed by atoms with Crippen LogP contribution >= 0.6 is 0 Å². The van der Waals surface area contributed by atoms with E-state index in [0.29, 0.717) is 13.0 Å². The van der Waals surface area contributed by atoms with Crippen molar-refractivity contribution in [1.29, 1.82) is 0 Å². The summed E-state index contributed by atoms with van der Waals surface area (Å²) in [6.07, 6.45) is 0.429. The van der Waals surface area contributed by atoms with E-state index in [1.807, 2.05) is 0 Å². The van der Waals surface area contributed by atoms with Crippen molar-refractivity contribution in [3.63, 3.8) is 0 Å². The highest BCUT2D eigenvalue weighted by atomic mass is 32.2. The molecule has 1 fully saturated rings. The molecule has 0 spiro atoms. The van der Waals surface area contributed by atoms with E-state index in [2.05, 4.69) is 5.32 Å². The molecule has 1 heterocycles. The lowest BCUT2D eigenvalue weighted by Gasteiger charge is -2.20. The Morgan fingerprint density at radius 3 is 2.50 bits per heavy atom. The zero-order valence-corrected chi connectivity index (χ0v) is 11.5. The van der Waals surface area contributed by atoms with Crippen molar-refractivity contribution in [1.82, 2.24) is 0 Å². The van der Waals surface area contributed by atoms with Crippen LogP contribution in [-0.2, 0) is 14.6 Å². The summed E-state index contributed by atoms with van der Waals surface area (Å²) in [4.78, 5) is -0.758. The summed E-state index contributed by atoms with van der Waals surface area (Å²) in [6.45, 7) is 2.28. The third-order valence-electron chi connectivity index (χ3n) is 3.20. The summed E-state index contributed by atoms with van der Waals surface area (Å²) in [5.74, 6) is 0. The van der Waals surface area contributed by atoms with Gasteiger partial charge < -0.3 is 10.1 Å². The minimum Gasteiger partial charge on any atom is -0.379 e. The first kappa shape index (κ1) is 15.1. The second-order valence-corrected chi connectivity index (χ2v) is 6.47. The van der Waals surface area contributed by atoms with Gasteiger partial charge in [0.05, 0.1) is 22.7 Å². The molecule has 2 rings (SSSR count). The number of ether oxygens (including phenoxy) is 1. The van der Waals surface area contributed by atoms with Crippen LogP contribution < -0.4 is 5.32 Å². The van der Waals surface area contributed by atoms with E-state index in [4.69, 9.17) is 4.74 Å². The number of hydrogen-bond acceptors (Lipinski definition) is 4. The quantitative estimate of drug-likeness (QED) is 0.932. The summed E-state index contributed by atoms with van der Waals surface area (Å²) >= 11 is 0. The van der Waals surface area contributed by atoms with Crippen molar-refractivity contribution >= 4 is 15.5 Å². The molecule has 20 heavy (non-hydrogen) atoms. The van der Waals surface area contributed by atoms with Gasteiger partial charge in [0.15, 0.2) is 0 Å². The average molecular weight is 309 g/mol. The first-order valence-corrected chi connectivity index (χ1v) is 7.50.